The van der Waals surface area contributed by atoms with Crippen molar-refractivity contribution < 1.29 is 4.79 Å². The summed E-state index contributed by atoms with van der Waals surface area (Å²) in [4.78, 5) is 12.4. The maximum absolute atomic E-state index is 12.4. The van der Waals surface area contributed by atoms with Crippen molar-refractivity contribution in [2.24, 2.45) is 11.3 Å². The van der Waals surface area contributed by atoms with Crippen LogP contribution in [-0.2, 0) is 4.79 Å². The first-order valence-electron chi connectivity index (χ1n) is 6.63. The predicted molar refractivity (Wildman–Crippen MR) is 74.9 cm³/mol. The number of allylic oxidation sites excluding steroid dienone is 1. The van der Waals surface area contributed by atoms with E-state index in [1.54, 1.807) is 0 Å². The molecule has 0 aromatic heterocycles. The van der Waals surface area contributed by atoms with Gasteiger partial charge in [0, 0.05) is 11.5 Å². The average Bonchev–Trinajstić information content (AvgIpc) is 2.22. The van der Waals surface area contributed by atoms with Gasteiger partial charge >= 0.3 is 0 Å². The van der Waals surface area contributed by atoms with Gasteiger partial charge in [-0.2, -0.15) is 0 Å². The van der Waals surface area contributed by atoms with Crippen LogP contribution in [0.3, 0.4) is 0 Å². The van der Waals surface area contributed by atoms with Gasteiger partial charge in [0.15, 0.2) is 0 Å². The third-order valence-corrected chi connectivity index (χ3v) is 3.67. The molecule has 2 heteroatoms. The summed E-state index contributed by atoms with van der Waals surface area (Å²) in [5, 5.41) is 3.09. The third kappa shape index (κ3) is 4.93. The second-order valence-corrected chi connectivity index (χ2v) is 6.18. The van der Waals surface area contributed by atoms with E-state index in [2.05, 4.69) is 32.7 Å². The van der Waals surface area contributed by atoms with Crippen LogP contribution in [0.1, 0.15) is 60.8 Å². The molecule has 0 aromatic carbocycles. The molecule has 100 valence electrons. The molecule has 0 fully saturated rings. The second-order valence-electron chi connectivity index (χ2n) is 6.18. The highest BCUT2D eigenvalue weighted by Gasteiger charge is 2.36. The lowest BCUT2D eigenvalue weighted by molar-refractivity contribution is -0.130. The number of amides is 1. The van der Waals surface area contributed by atoms with Crippen LogP contribution in [0.2, 0.25) is 0 Å². The van der Waals surface area contributed by atoms with Gasteiger partial charge in [-0.05, 0) is 45.4 Å². The van der Waals surface area contributed by atoms with E-state index in [9.17, 15) is 4.79 Å². The average molecular weight is 239 g/mol. The smallest absolute Gasteiger partial charge is 0.224 e. The zero-order valence-electron chi connectivity index (χ0n) is 12.4. The van der Waals surface area contributed by atoms with Gasteiger partial charge in [0.05, 0.1) is 0 Å². The van der Waals surface area contributed by atoms with Gasteiger partial charge in [0.1, 0.15) is 0 Å². The van der Waals surface area contributed by atoms with E-state index in [0.717, 1.165) is 19.3 Å². The molecule has 0 aliphatic rings. The van der Waals surface area contributed by atoms with Gasteiger partial charge in [-0.25, -0.2) is 0 Å². The number of nitrogens with one attached hydrogen (secondary N) is 1. The largest absolute Gasteiger partial charge is 0.351 e. The van der Waals surface area contributed by atoms with Gasteiger partial charge in [-0.15, -0.1) is 6.58 Å². The van der Waals surface area contributed by atoms with Crippen LogP contribution in [0.25, 0.3) is 0 Å². The van der Waals surface area contributed by atoms with Crippen LogP contribution in [0, 0.1) is 11.3 Å². The number of carbonyl (C=O) groups is 1. The first-order valence-corrected chi connectivity index (χ1v) is 6.63. The highest BCUT2D eigenvalue weighted by atomic mass is 16.2. The molecule has 2 nitrogen and oxygen atoms in total. The summed E-state index contributed by atoms with van der Waals surface area (Å²) < 4.78 is 0. The minimum absolute atomic E-state index is 0.0224. The molecule has 0 unspecified atom stereocenters. The lowest BCUT2D eigenvalue weighted by atomic mass is 9.71. The summed E-state index contributed by atoms with van der Waals surface area (Å²) in [7, 11) is 0. The van der Waals surface area contributed by atoms with E-state index < -0.39 is 0 Å². The highest BCUT2D eigenvalue weighted by molar-refractivity contribution is 5.80. The van der Waals surface area contributed by atoms with E-state index in [-0.39, 0.29) is 22.8 Å². The van der Waals surface area contributed by atoms with E-state index >= 15 is 0 Å². The van der Waals surface area contributed by atoms with Gasteiger partial charge < -0.3 is 5.32 Å². The number of carbonyl (C=O) groups excluding carboxylic acids is 1. The van der Waals surface area contributed by atoms with Crippen molar-refractivity contribution in [3.8, 4) is 0 Å². The summed E-state index contributed by atoms with van der Waals surface area (Å²) in [6.45, 7) is 16.3. The zero-order chi connectivity index (χ0) is 13.7. The molecule has 0 saturated heterocycles. The van der Waals surface area contributed by atoms with Gasteiger partial charge in [0.25, 0.3) is 0 Å². The Bertz CT molecular complexity index is 259. The Morgan fingerprint density at radius 3 is 2.00 bits per heavy atom. The Morgan fingerprint density at radius 2 is 1.71 bits per heavy atom. The first kappa shape index (κ1) is 16.2. The topological polar surface area (TPSA) is 29.1 Å². The van der Waals surface area contributed by atoms with Crippen LogP contribution in [0.5, 0.6) is 0 Å². The fourth-order valence-corrected chi connectivity index (χ4v) is 2.07. The Balaban J connectivity index is 4.96. The zero-order valence-corrected chi connectivity index (χ0v) is 12.4. The van der Waals surface area contributed by atoms with Crippen molar-refractivity contribution >= 4 is 5.91 Å². The van der Waals surface area contributed by atoms with Crippen LogP contribution in [0.15, 0.2) is 12.7 Å². The monoisotopic (exact) mass is 239 g/mol. The third-order valence-electron chi connectivity index (χ3n) is 3.67. The van der Waals surface area contributed by atoms with Crippen LogP contribution >= 0.6 is 0 Å². The summed E-state index contributed by atoms with van der Waals surface area (Å²) in [5.41, 5.74) is -0.109. The van der Waals surface area contributed by atoms with Gasteiger partial charge in [-0.1, -0.05) is 26.8 Å². The molecule has 0 heterocycles. The molecule has 0 aromatic rings. The number of rotatable bonds is 6. The minimum atomic E-state index is -0.168. The lowest BCUT2D eigenvalue weighted by Crippen LogP contribution is -2.47. The normalized spacial score (nSPS) is 14.2. The summed E-state index contributed by atoms with van der Waals surface area (Å²) in [6.07, 6.45) is 4.63. The molecule has 0 aliphatic carbocycles. The van der Waals surface area contributed by atoms with Crippen molar-refractivity contribution in [1.82, 2.24) is 5.32 Å². The standard InChI is InChI=1S/C15H29NO/c1-8-11-12(15(7,9-2)10-3)13(17)16-14(4,5)6/h8,12H,1,9-11H2,2-7H3,(H,16,17)/t12-/m1/s1. The molecule has 0 bridgehead atoms. The van der Waals surface area contributed by atoms with E-state index in [1.807, 2.05) is 26.8 Å². The van der Waals surface area contributed by atoms with Crippen molar-refractivity contribution in [1.29, 1.82) is 0 Å². The molecule has 1 N–H and O–H groups in total. The van der Waals surface area contributed by atoms with E-state index in [0.29, 0.717) is 0 Å². The summed E-state index contributed by atoms with van der Waals surface area (Å²) >= 11 is 0. The minimum Gasteiger partial charge on any atom is -0.351 e. The molecule has 17 heavy (non-hydrogen) atoms. The summed E-state index contributed by atoms with van der Waals surface area (Å²) in [6, 6.07) is 0. The Labute approximate surface area is 107 Å². The fraction of sp³-hybridized carbons (Fsp3) is 0.800. The van der Waals surface area contributed by atoms with Gasteiger partial charge in [-0.3, -0.25) is 4.79 Å². The Hall–Kier alpha value is -0.790. The predicted octanol–water partition coefficient (Wildman–Crippen LogP) is 3.92. The molecule has 0 spiro atoms. The van der Waals surface area contributed by atoms with E-state index in [4.69, 9.17) is 0 Å². The fourth-order valence-electron chi connectivity index (χ4n) is 2.07. The molecule has 0 saturated carbocycles. The van der Waals surface area contributed by atoms with Crippen molar-refractivity contribution in [3.05, 3.63) is 12.7 Å². The van der Waals surface area contributed by atoms with Gasteiger partial charge in [0.2, 0.25) is 5.91 Å². The number of hydrogen-bond donors (Lipinski definition) is 1. The maximum atomic E-state index is 12.4. The van der Waals surface area contributed by atoms with Crippen LogP contribution < -0.4 is 5.32 Å². The Morgan fingerprint density at radius 1 is 1.24 bits per heavy atom. The van der Waals surface area contributed by atoms with Crippen molar-refractivity contribution in [2.45, 2.75) is 66.3 Å². The molecular weight excluding hydrogens is 210 g/mol. The maximum Gasteiger partial charge on any atom is 0.224 e. The highest BCUT2D eigenvalue weighted by Crippen LogP contribution is 2.37. The first-order chi connectivity index (χ1) is 7.70. The molecule has 1 amide bonds. The van der Waals surface area contributed by atoms with Crippen molar-refractivity contribution in [3.63, 3.8) is 0 Å². The Kier molecular flexibility index (Phi) is 5.94. The molecule has 0 rings (SSSR count). The van der Waals surface area contributed by atoms with Crippen LogP contribution in [-0.4, -0.2) is 11.4 Å². The van der Waals surface area contributed by atoms with Crippen molar-refractivity contribution in [2.75, 3.05) is 0 Å². The lowest BCUT2D eigenvalue weighted by Gasteiger charge is -2.36. The second kappa shape index (κ2) is 6.23. The molecule has 0 aliphatic heterocycles. The number of hydrogen-bond acceptors (Lipinski definition) is 1. The summed E-state index contributed by atoms with van der Waals surface area (Å²) in [5.74, 6) is 0.179. The SMILES string of the molecule is C=CC[C@H](C(=O)NC(C)(C)C)C(C)(CC)CC. The molecular formula is C15H29NO. The molecule has 1 atom stereocenters. The van der Waals surface area contributed by atoms with Crippen LogP contribution in [0.4, 0.5) is 0 Å². The van der Waals surface area contributed by atoms with E-state index in [1.165, 1.54) is 0 Å². The molecule has 0 radical (unpaired) electrons. The quantitative estimate of drug-likeness (QED) is 0.699.